The Kier molecular flexibility index (Phi) is 6.38. The van der Waals surface area contributed by atoms with Crippen LogP contribution in [-0.2, 0) is 4.79 Å². The molecule has 2 aromatic rings. The second-order valence-electron chi connectivity index (χ2n) is 6.34. The number of aromatic nitrogens is 2. The summed E-state index contributed by atoms with van der Waals surface area (Å²) >= 11 is 0. The van der Waals surface area contributed by atoms with Crippen molar-refractivity contribution in [2.75, 3.05) is 0 Å². The molecule has 0 saturated heterocycles. The standard InChI is InChI=1S/C18H22FN3O3/c1-11(2)10-15(18-22-21-12(3)25-18)20-17(24)9-8-16(23)13-4-6-14(19)7-5-13/h4-7,11,15H,8-10H2,1-3H3,(H,20,24). The molecule has 7 heteroatoms. The molecule has 0 aliphatic heterocycles. The van der Waals surface area contributed by atoms with Crippen LogP contribution < -0.4 is 5.32 Å². The maximum absolute atomic E-state index is 12.9. The zero-order valence-corrected chi connectivity index (χ0v) is 14.6. The highest BCUT2D eigenvalue weighted by Gasteiger charge is 2.22. The van der Waals surface area contributed by atoms with Gasteiger partial charge in [0.15, 0.2) is 5.78 Å². The Balaban J connectivity index is 1.92. The molecule has 1 atom stereocenters. The summed E-state index contributed by atoms with van der Waals surface area (Å²) in [4.78, 5) is 24.2. The molecule has 0 radical (unpaired) electrons. The van der Waals surface area contributed by atoms with Gasteiger partial charge in [-0.2, -0.15) is 0 Å². The van der Waals surface area contributed by atoms with Crippen molar-refractivity contribution in [3.8, 4) is 0 Å². The number of rotatable bonds is 8. The van der Waals surface area contributed by atoms with Crippen molar-refractivity contribution < 1.29 is 18.4 Å². The van der Waals surface area contributed by atoms with E-state index < -0.39 is 5.82 Å². The minimum Gasteiger partial charge on any atom is -0.423 e. The zero-order valence-electron chi connectivity index (χ0n) is 14.6. The summed E-state index contributed by atoms with van der Waals surface area (Å²) in [5, 5.41) is 10.6. The number of aryl methyl sites for hydroxylation is 1. The zero-order chi connectivity index (χ0) is 18.4. The van der Waals surface area contributed by atoms with E-state index in [9.17, 15) is 14.0 Å². The molecular weight excluding hydrogens is 325 g/mol. The van der Waals surface area contributed by atoms with E-state index in [0.717, 1.165) is 0 Å². The SMILES string of the molecule is Cc1nnc(C(CC(C)C)NC(=O)CCC(=O)c2ccc(F)cc2)o1. The van der Waals surface area contributed by atoms with Gasteiger partial charge in [0.2, 0.25) is 17.7 Å². The van der Waals surface area contributed by atoms with Crippen molar-refractivity contribution in [3.05, 3.63) is 47.4 Å². The number of nitrogens with zero attached hydrogens (tertiary/aromatic N) is 2. The Labute approximate surface area is 145 Å². The minimum atomic E-state index is -0.402. The van der Waals surface area contributed by atoms with E-state index >= 15 is 0 Å². The first kappa shape index (κ1) is 18.8. The predicted molar refractivity (Wildman–Crippen MR) is 89.3 cm³/mol. The number of Topliss-reactive ketones (excluding diaryl/α,β-unsaturated/α-hetero) is 1. The van der Waals surface area contributed by atoms with Crippen molar-refractivity contribution in [1.82, 2.24) is 15.5 Å². The summed E-state index contributed by atoms with van der Waals surface area (Å²) in [6, 6.07) is 4.90. The fourth-order valence-electron chi connectivity index (χ4n) is 2.42. The third-order valence-electron chi connectivity index (χ3n) is 3.63. The van der Waals surface area contributed by atoms with Crippen molar-refractivity contribution in [1.29, 1.82) is 0 Å². The highest BCUT2D eigenvalue weighted by atomic mass is 19.1. The lowest BCUT2D eigenvalue weighted by molar-refractivity contribution is -0.122. The molecule has 1 N–H and O–H groups in total. The van der Waals surface area contributed by atoms with Crippen LogP contribution in [0.2, 0.25) is 0 Å². The second-order valence-corrected chi connectivity index (χ2v) is 6.34. The molecule has 1 unspecified atom stereocenters. The van der Waals surface area contributed by atoms with E-state index in [1.165, 1.54) is 24.3 Å². The van der Waals surface area contributed by atoms with Crippen LogP contribution in [0, 0.1) is 18.7 Å². The molecule has 0 saturated carbocycles. The van der Waals surface area contributed by atoms with Crippen LogP contribution in [-0.4, -0.2) is 21.9 Å². The van der Waals surface area contributed by atoms with Gasteiger partial charge >= 0.3 is 0 Å². The number of carbonyl (C=O) groups excluding carboxylic acids is 2. The lowest BCUT2D eigenvalue weighted by Gasteiger charge is -2.17. The fourth-order valence-corrected chi connectivity index (χ4v) is 2.42. The number of carbonyl (C=O) groups is 2. The molecule has 1 amide bonds. The van der Waals surface area contributed by atoms with Crippen LogP contribution in [0.3, 0.4) is 0 Å². The summed E-state index contributed by atoms with van der Waals surface area (Å²) in [6.07, 6.45) is 0.742. The molecule has 0 spiro atoms. The third-order valence-corrected chi connectivity index (χ3v) is 3.63. The molecule has 1 aromatic carbocycles. The van der Waals surface area contributed by atoms with Gasteiger partial charge in [0.05, 0.1) is 0 Å². The Hall–Kier alpha value is -2.57. The van der Waals surface area contributed by atoms with Crippen molar-refractivity contribution in [2.24, 2.45) is 5.92 Å². The monoisotopic (exact) mass is 347 g/mol. The van der Waals surface area contributed by atoms with E-state index in [1.54, 1.807) is 6.92 Å². The Bertz CT molecular complexity index is 725. The van der Waals surface area contributed by atoms with Crippen molar-refractivity contribution in [2.45, 2.75) is 46.1 Å². The molecule has 2 rings (SSSR count). The first-order valence-corrected chi connectivity index (χ1v) is 8.23. The van der Waals surface area contributed by atoms with Crippen LogP contribution in [0.1, 0.15) is 61.3 Å². The van der Waals surface area contributed by atoms with Gasteiger partial charge in [0, 0.05) is 25.3 Å². The van der Waals surface area contributed by atoms with Crippen LogP contribution in [0.25, 0.3) is 0 Å². The molecule has 0 aliphatic carbocycles. The van der Waals surface area contributed by atoms with Gasteiger partial charge in [-0.05, 0) is 36.6 Å². The van der Waals surface area contributed by atoms with Gasteiger partial charge in [-0.3, -0.25) is 9.59 Å². The number of nitrogens with one attached hydrogen (secondary N) is 1. The fraction of sp³-hybridized carbons (Fsp3) is 0.444. The number of benzene rings is 1. The van der Waals surface area contributed by atoms with Gasteiger partial charge in [-0.25, -0.2) is 4.39 Å². The summed E-state index contributed by atoms with van der Waals surface area (Å²) in [7, 11) is 0. The van der Waals surface area contributed by atoms with Crippen molar-refractivity contribution in [3.63, 3.8) is 0 Å². The molecule has 6 nitrogen and oxygen atoms in total. The van der Waals surface area contributed by atoms with Crippen LogP contribution in [0.4, 0.5) is 4.39 Å². The first-order chi connectivity index (χ1) is 11.8. The molecule has 0 bridgehead atoms. The van der Waals surface area contributed by atoms with Crippen molar-refractivity contribution >= 4 is 11.7 Å². The lowest BCUT2D eigenvalue weighted by atomic mass is 10.0. The molecule has 1 heterocycles. The van der Waals surface area contributed by atoms with E-state index in [-0.39, 0.29) is 30.6 Å². The van der Waals surface area contributed by atoms with Crippen LogP contribution >= 0.6 is 0 Å². The molecule has 1 aromatic heterocycles. The highest BCUT2D eigenvalue weighted by molar-refractivity contribution is 5.97. The molecule has 0 aliphatic rings. The van der Waals surface area contributed by atoms with Gasteiger partial charge in [0.1, 0.15) is 11.9 Å². The molecule has 0 fully saturated rings. The lowest BCUT2D eigenvalue weighted by Crippen LogP contribution is -2.30. The average Bonchev–Trinajstić information content (AvgIpc) is 2.99. The van der Waals surface area contributed by atoms with Gasteiger partial charge in [-0.1, -0.05) is 13.8 Å². The topological polar surface area (TPSA) is 85.1 Å². The number of hydrogen-bond acceptors (Lipinski definition) is 5. The van der Waals surface area contributed by atoms with E-state index in [1.807, 2.05) is 13.8 Å². The van der Waals surface area contributed by atoms with Crippen LogP contribution in [0.5, 0.6) is 0 Å². The summed E-state index contributed by atoms with van der Waals surface area (Å²) in [5.41, 5.74) is 0.389. The van der Waals surface area contributed by atoms with Crippen LogP contribution in [0.15, 0.2) is 28.7 Å². The number of amides is 1. The Morgan fingerprint density at radius 3 is 2.40 bits per heavy atom. The highest BCUT2D eigenvalue weighted by Crippen LogP contribution is 2.20. The van der Waals surface area contributed by atoms with E-state index in [4.69, 9.17) is 4.42 Å². The summed E-state index contributed by atoms with van der Waals surface area (Å²) in [5.74, 6) is 0.245. The normalized spacial score (nSPS) is 12.2. The quantitative estimate of drug-likeness (QED) is 0.740. The van der Waals surface area contributed by atoms with E-state index in [0.29, 0.717) is 29.7 Å². The molecule has 25 heavy (non-hydrogen) atoms. The largest absolute Gasteiger partial charge is 0.423 e. The van der Waals surface area contributed by atoms with E-state index in [2.05, 4.69) is 15.5 Å². The second kappa shape index (κ2) is 8.50. The Morgan fingerprint density at radius 1 is 1.16 bits per heavy atom. The maximum Gasteiger partial charge on any atom is 0.238 e. The first-order valence-electron chi connectivity index (χ1n) is 8.23. The number of halogens is 1. The average molecular weight is 347 g/mol. The van der Waals surface area contributed by atoms with Gasteiger partial charge in [0.25, 0.3) is 0 Å². The minimum absolute atomic E-state index is 0.0396. The third kappa shape index (κ3) is 5.77. The Morgan fingerprint density at radius 2 is 1.84 bits per heavy atom. The molecular formula is C18H22FN3O3. The number of ketones is 1. The molecule has 134 valence electrons. The number of hydrogen-bond donors (Lipinski definition) is 1. The summed E-state index contributed by atoms with van der Waals surface area (Å²) in [6.45, 7) is 5.74. The maximum atomic E-state index is 12.9. The van der Waals surface area contributed by atoms with Gasteiger partial charge < -0.3 is 9.73 Å². The smallest absolute Gasteiger partial charge is 0.238 e. The van der Waals surface area contributed by atoms with Gasteiger partial charge in [-0.15, -0.1) is 10.2 Å². The predicted octanol–water partition coefficient (Wildman–Crippen LogP) is 3.38. The summed E-state index contributed by atoms with van der Waals surface area (Å²) < 4.78 is 18.3.